The lowest BCUT2D eigenvalue weighted by Crippen LogP contribution is -2.32. The van der Waals surface area contributed by atoms with E-state index >= 15 is 0 Å². The first-order chi connectivity index (χ1) is 10.1. The zero-order chi connectivity index (χ0) is 15.2. The van der Waals surface area contributed by atoms with Crippen LogP contribution in [0.3, 0.4) is 0 Å². The Hall–Kier alpha value is -2.15. The molecule has 1 aromatic rings. The second kappa shape index (κ2) is 7.03. The number of rotatable bonds is 5. The molecule has 0 bridgehead atoms. The number of carbonyl (C=O) groups excluding carboxylic acids is 1. The summed E-state index contributed by atoms with van der Waals surface area (Å²) >= 11 is 0. The van der Waals surface area contributed by atoms with Gasteiger partial charge in [0.1, 0.15) is 5.69 Å². The maximum Gasteiger partial charge on any atom is 0.293 e. The van der Waals surface area contributed by atoms with E-state index in [4.69, 9.17) is 4.74 Å². The molecule has 7 heteroatoms. The molecule has 0 saturated carbocycles. The van der Waals surface area contributed by atoms with Gasteiger partial charge in [-0.3, -0.25) is 14.9 Å². The highest BCUT2D eigenvalue weighted by atomic mass is 16.6. The molecule has 0 aliphatic carbocycles. The van der Waals surface area contributed by atoms with Crippen molar-refractivity contribution in [3.63, 3.8) is 0 Å². The number of amides is 1. The maximum atomic E-state index is 12.2. The van der Waals surface area contributed by atoms with E-state index in [1.165, 1.54) is 12.1 Å². The Labute approximate surface area is 122 Å². The molecular formula is C14H19N3O4. The van der Waals surface area contributed by atoms with Gasteiger partial charge in [-0.05, 0) is 24.8 Å². The van der Waals surface area contributed by atoms with Crippen molar-refractivity contribution in [3.8, 4) is 0 Å². The number of anilines is 1. The van der Waals surface area contributed by atoms with Gasteiger partial charge in [0, 0.05) is 32.9 Å². The third-order valence-electron chi connectivity index (χ3n) is 3.63. The first-order valence-corrected chi connectivity index (χ1v) is 6.94. The van der Waals surface area contributed by atoms with Crippen LogP contribution in [0.1, 0.15) is 23.2 Å². The van der Waals surface area contributed by atoms with Crippen LogP contribution < -0.4 is 10.6 Å². The molecule has 1 saturated heterocycles. The predicted octanol–water partition coefficient (Wildman–Crippen LogP) is 1.79. The lowest BCUT2D eigenvalue weighted by Gasteiger charge is -2.22. The zero-order valence-corrected chi connectivity index (χ0v) is 11.9. The summed E-state index contributed by atoms with van der Waals surface area (Å²) in [5.74, 6) is 0.106. The smallest absolute Gasteiger partial charge is 0.293 e. The Morgan fingerprint density at radius 1 is 1.43 bits per heavy atom. The topological polar surface area (TPSA) is 93.5 Å². The lowest BCUT2D eigenvalue weighted by atomic mass is 10.0. The molecule has 1 heterocycles. The largest absolute Gasteiger partial charge is 0.382 e. The van der Waals surface area contributed by atoms with Crippen LogP contribution in [-0.4, -0.2) is 37.6 Å². The van der Waals surface area contributed by atoms with Crippen molar-refractivity contribution in [3.05, 3.63) is 33.9 Å². The molecular weight excluding hydrogens is 274 g/mol. The third-order valence-corrected chi connectivity index (χ3v) is 3.63. The van der Waals surface area contributed by atoms with Gasteiger partial charge in [0.25, 0.3) is 11.6 Å². The van der Waals surface area contributed by atoms with Gasteiger partial charge in [-0.25, -0.2) is 0 Å². The van der Waals surface area contributed by atoms with Crippen LogP contribution in [0.15, 0.2) is 18.2 Å². The second-order valence-electron chi connectivity index (χ2n) is 4.97. The molecule has 0 radical (unpaired) electrons. The Kier molecular flexibility index (Phi) is 5.10. The molecule has 0 atom stereocenters. The molecule has 7 nitrogen and oxygen atoms in total. The Morgan fingerprint density at radius 3 is 2.76 bits per heavy atom. The van der Waals surface area contributed by atoms with Gasteiger partial charge in [-0.2, -0.15) is 0 Å². The highest BCUT2D eigenvalue weighted by Crippen LogP contribution is 2.27. The number of para-hydroxylation sites is 1. The van der Waals surface area contributed by atoms with Crippen LogP contribution in [0.2, 0.25) is 0 Å². The van der Waals surface area contributed by atoms with Crippen LogP contribution in [0, 0.1) is 16.0 Å². The third kappa shape index (κ3) is 3.69. The number of ether oxygens (including phenoxy) is 1. The predicted molar refractivity (Wildman–Crippen MR) is 78.5 cm³/mol. The van der Waals surface area contributed by atoms with Crippen molar-refractivity contribution in [1.82, 2.24) is 5.32 Å². The first kappa shape index (κ1) is 15.2. The van der Waals surface area contributed by atoms with Crippen LogP contribution >= 0.6 is 0 Å². The molecule has 0 aromatic heterocycles. The Bertz CT molecular complexity index is 527. The minimum absolute atomic E-state index is 0.101. The number of carbonyl (C=O) groups is 1. The van der Waals surface area contributed by atoms with Gasteiger partial charge in [0.05, 0.1) is 10.5 Å². The van der Waals surface area contributed by atoms with Crippen molar-refractivity contribution >= 4 is 17.3 Å². The molecule has 21 heavy (non-hydrogen) atoms. The van der Waals surface area contributed by atoms with E-state index in [1.807, 2.05) is 0 Å². The second-order valence-corrected chi connectivity index (χ2v) is 4.97. The fourth-order valence-electron chi connectivity index (χ4n) is 2.43. The van der Waals surface area contributed by atoms with Crippen LogP contribution in [-0.2, 0) is 4.74 Å². The molecule has 1 aromatic carbocycles. The molecule has 1 aliphatic rings. The quantitative estimate of drug-likeness (QED) is 0.637. The number of hydrogen-bond donors (Lipinski definition) is 2. The summed E-state index contributed by atoms with van der Waals surface area (Å²) in [6, 6.07) is 4.47. The fourth-order valence-corrected chi connectivity index (χ4v) is 2.43. The molecule has 1 fully saturated rings. The average Bonchev–Trinajstić information content (AvgIpc) is 2.52. The Balaban J connectivity index is 2.07. The standard InChI is InChI=1S/C14H19N3O4/c1-15-13-11(3-2-4-12(13)17(19)20)14(18)16-9-10-5-7-21-8-6-10/h2-4,10,15H,5-9H2,1H3,(H,16,18). The van der Waals surface area contributed by atoms with Crippen LogP contribution in [0.4, 0.5) is 11.4 Å². The first-order valence-electron chi connectivity index (χ1n) is 6.94. The fraction of sp³-hybridized carbons (Fsp3) is 0.500. The van der Waals surface area contributed by atoms with Crippen molar-refractivity contribution in [2.24, 2.45) is 5.92 Å². The molecule has 1 amide bonds. The van der Waals surface area contributed by atoms with E-state index in [-0.39, 0.29) is 17.3 Å². The summed E-state index contributed by atoms with van der Waals surface area (Å²) in [6.07, 6.45) is 1.85. The van der Waals surface area contributed by atoms with Crippen molar-refractivity contribution < 1.29 is 14.5 Å². The zero-order valence-electron chi connectivity index (χ0n) is 11.9. The maximum absolute atomic E-state index is 12.2. The summed E-state index contributed by atoms with van der Waals surface area (Å²) in [4.78, 5) is 22.7. The molecule has 0 spiro atoms. The molecule has 114 valence electrons. The number of nitrogens with one attached hydrogen (secondary N) is 2. The van der Waals surface area contributed by atoms with E-state index in [9.17, 15) is 14.9 Å². The lowest BCUT2D eigenvalue weighted by molar-refractivity contribution is -0.384. The molecule has 0 unspecified atom stereocenters. The monoisotopic (exact) mass is 293 g/mol. The van der Waals surface area contributed by atoms with E-state index in [1.54, 1.807) is 13.1 Å². The van der Waals surface area contributed by atoms with Gasteiger partial charge >= 0.3 is 0 Å². The van der Waals surface area contributed by atoms with Gasteiger partial charge < -0.3 is 15.4 Å². The minimum Gasteiger partial charge on any atom is -0.382 e. The Morgan fingerprint density at radius 2 is 2.14 bits per heavy atom. The van der Waals surface area contributed by atoms with Gasteiger partial charge in [0.2, 0.25) is 0 Å². The van der Waals surface area contributed by atoms with E-state index in [2.05, 4.69) is 10.6 Å². The SMILES string of the molecule is CNc1c(C(=O)NCC2CCOCC2)cccc1[N+](=O)[O-]. The minimum atomic E-state index is -0.499. The number of nitro benzene ring substituents is 1. The molecule has 1 aliphatic heterocycles. The van der Waals surface area contributed by atoms with Gasteiger partial charge in [0.15, 0.2) is 0 Å². The normalized spacial score (nSPS) is 15.5. The number of nitrogens with zero attached hydrogens (tertiary/aromatic N) is 1. The van der Waals surface area contributed by atoms with Crippen molar-refractivity contribution in [1.29, 1.82) is 0 Å². The number of nitro groups is 1. The van der Waals surface area contributed by atoms with E-state index in [0.717, 1.165) is 26.1 Å². The summed E-state index contributed by atoms with van der Waals surface area (Å²) in [5.41, 5.74) is 0.432. The highest BCUT2D eigenvalue weighted by molar-refractivity contribution is 6.01. The number of hydrogen-bond acceptors (Lipinski definition) is 5. The van der Waals surface area contributed by atoms with Gasteiger partial charge in [-0.1, -0.05) is 6.07 Å². The molecule has 2 N–H and O–H groups in total. The van der Waals surface area contributed by atoms with E-state index in [0.29, 0.717) is 18.0 Å². The summed E-state index contributed by atoms with van der Waals surface area (Å²) in [6.45, 7) is 2.01. The van der Waals surface area contributed by atoms with Crippen LogP contribution in [0.5, 0.6) is 0 Å². The summed E-state index contributed by atoms with van der Waals surface area (Å²) in [7, 11) is 1.57. The van der Waals surface area contributed by atoms with Crippen LogP contribution in [0.25, 0.3) is 0 Å². The summed E-state index contributed by atoms with van der Waals surface area (Å²) < 4.78 is 5.27. The highest BCUT2D eigenvalue weighted by Gasteiger charge is 2.21. The van der Waals surface area contributed by atoms with E-state index < -0.39 is 4.92 Å². The molecule has 2 rings (SSSR count). The summed E-state index contributed by atoms with van der Waals surface area (Å²) in [5, 5.41) is 16.6. The number of benzene rings is 1. The average molecular weight is 293 g/mol. The van der Waals surface area contributed by atoms with Gasteiger partial charge in [-0.15, -0.1) is 0 Å². The van der Waals surface area contributed by atoms with Crippen molar-refractivity contribution in [2.75, 3.05) is 32.1 Å². The van der Waals surface area contributed by atoms with Crippen molar-refractivity contribution in [2.45, 2.75) is 12.8 Å².